The lowest BCUT2D eigenvalue weighted by Gasteiger charge is -2.28. The molecule has 4 nitrogen and oxygen atoms in total. The molecule has 2 aliphatic rings. The van der Waals surface area contributed by atoms with E-state index in [1.807, 2.05) is 30.3 Å². The molecule has 0 N–H and O–H groups in total. The first-order valence-corrected chi connectivity index (χ1v) is 14.1. The largest absolute Gasteiger partial charge is 0.489 e. The Labute approximate surface area is 194 Å². The van der Waals surface area contributed by atoms with E-state index in [0.29, 0.717) is 11.1 Å². The molecule has 3 aromatic carbocycles. The van der Waals surface area contributed by atoms with E-state index in [2.05, 4.69) is 0 Å². The van der Waals surface area contributed by atoms with Gasteiger partial charge in [0.05, 0.1) is 17.1 Å². The molecule has 2 fully saturated rings. The van der Waals surface area contributed by atoms with E-state index in [9.17, 15) is 8.42 Å². The summed E-state index contributed by atoms with van der Waals surface area (Å²) in [6.07, 6.45) is 11.2. The Hall–Kier alpha value is -1.98. The molecule has 2 aliphatic carbocycles. The van der Waals surface area contributed by atoms with Gasteiger partial charge < -0.3 is 9.47 Å². The monoisotopic (exact) mass is 472 g/mol. The molecule has 5 rings (SSSR count). The molecular weight excluding hydrogens is 444 g/mol. The molecule has 0 saturated heterocycles. The van der Waals surface area contributed by atoms with Gasteiger partial charge in [-0.3, -0.25) is 0 Å². The quantitative estimate of drug-likeness (QED) is 0.288. The summed E-state index contributed by atoms with van der Waals surface area (Å²) < 4.78 is 38.4. The average molecular weight is 473 g/mol. The van der Waals surface area contributed by atoms with Gasteiger partial charge in [-0.25, -0.2) is 8.42 Å². The van der Waals surface area contributed by atoms with Gasteiger partial charge in [0.2, 0.25) is 0 Å². The van der Waals surface area contributed by atoms with E-state index in [1.54, 1.807) is 12.1 Å². The molecule has 0 radical (unpaired) electrons. The molecule has 2 saturated carbocycles. The van der Waals surface area contributed by atoms with Crippen molar-refractivity contribution in [2.24, 2.45) is 0 Å². The standard InChI is InChI=1S/C26H29ClO4S/c27-32(28,29)23-17-9-16-22-24(23)26(31-19-12-5-2-6-13-19)21-15-8-7-14-20(21)25(22)30-18-10-3-1-4-11-18/h7-9,14-19H,1-6,10-13H2. The third-order valence-electron chi connectivity index (χ3n) is 6.85. The number of hydrogen-bond donors (Lipinski definition) is 0. The molecule has 0 bridgehead atoms. The van der Waals surface area contributed by atoms with Crippen molar-refractivity contribution >= 4 is 41.3 Å². The maximum atomic E-state index is 12.6. The van der Waals surface area contributed by atoms with E-state index in [1.165, 1.54) is 12.8 Å². The van der Waals surface area contributed by atoms with Crippen LogP contribution in [0.4, 0.5) is 0 Å². The lowest BCUT2D eigenvalue weighted by Crippen LogP contribution is -2.21. The zero-order valence-corrected chi connectivity index (χ0v) is 19.8. The molecule has 3 aromatic rings. The third kappa shape index (κ3) is 4.29. The second-order valence-corrected chi connectivity index (χ2v) is 11.6. The first-order valence-electron chi connectivity index (χ1n) is 11.8. The van der Waals surface area contributed by atoms with E-state index < -0.39 is 9.05 Å². The molecule has 6 heteroatoms. The average Bonchev–Trinajstić information content (AvgIpc) is 2.81. The number of benzene rings is 3. The van der Waals surface area contributed by atoms with Crippen molar-refractivity contribution in [1.29, 1.82) is 0 Å². The summed E-state index contributed by atoms with van der Waals surface area (Å²) >= 11 is 0. The van der Waals surface area contributed by atoms with Crippen molar-refractivity contribution in [3.8, 4) is 11.5 Å². The van der Waals surface area contributed by atoms with Gasteiger partial charge in [-0.2, -0.15) is 0 Å². The fourth-order valence-corrected chi connectivity index (χ4v) is 6.34. The minimum atomic E-state index is -3.97. The fraction of sp³-hybridized carbons (Fsp3) is 0.462. The Bertz CT molecular complexity index is 1230. The minimum Gasteiger partial charge on any atom is -0.489 e. The Morgan fingerprint density at radius 3 is 1.72 bits per heavy atom. The van der Waals surface area contributed by atoms with Crippen LogP contribution in [0.2, 0.25) is 0 Å². The number of rotatable bonds is 5. The van der Waals surface area contributed by atoms with Crippen molar-refractivity contribution < 1.29 is 17.9 Å². The van der Waals surface area contributed by atoms with Crippen LogP contribution in [0.15, 0.2) is 47.4 Å². The molecule has 32 heavy (non-hydrogen) atoms. The maximum absolute atomic E-state index is 12.6. The summed E-state index contributed by atoms with van der Waals surface area (Å²) in [6, 6.07) is 13.2. The molecule has 0 heterocycles. The Kier molecular flexibility index (Phi) is 6.22. The van der Waals surface area contributed by atoms with Crippen LogP contribution in [0.1, 0.15) is 64.2 Å². The lowest BCUT2D eigenvalue weighted by atomic mass is 9.96. The van der Waals surface area contributed by atoms with Crippen LogP contribution in [0.3, 0.4) is 0 Å². The zero-order chi connectivity index (χ0) is 22.1. The Morgan fingerprint density at radius 2 is 1.16 bits per heavy atom. The Balaban J connectivity index is 1.77. The highest BCUT2D eigenvalue weighted by atomic mass is 35.7. The van der Waals surface area contributed by atoms with Crippen LogP contribution in [-0.2, 0) is 9.05 Å². The summed E-state index contributed by atoms with van der Waals surface area (Å²) in [4.78, 5) is 0.0849. The highest BCUT2D eigenvalue weighted by Gasteiger charge is 2.27. The summed E-state index contributed by atoms with van der Waals surface area (Å²) in [5.74, 6) is 1.35. The predicted octanol–water partition coefficient (Wildman–Crippen LogP) is 7.34. The van der Waals surface area contributed by atoms with Crippen molar-refractivity contribution in [2.45, 2.75) is 81.3 Å². The number of fused-ring (bicyclic) bond motifs is 2. The highest BCUT2D eigenvalue weighted by molar-refractivity contribution is 8.14. The van der Waals surface area contributed by atoms with Gasteiger partial charge in [-0.1, -0.05) is 49.2 Å². The third-order valence-corrected chi connectivity index (χ3v) is 8.21. The van der Waals surface area contributed by atoms with Gasteiger partial charge >= 0.3 is 0 Å². The highest BCUT2D eigenvalue weighted by Crippen LogP contribution is 2.47. The number of ether oxygens (including phenoxy) is 2. The normalized spacial score (nSPS) is 18.8. The summed E-state index contributed by atoms with van der Waals surface area (Å²) in [6.45, 7) is 0. The summed E-state index contributed by atoms with van der Waals surface area (Å²) in [7, 11) is 1.95. The maximum Gasteiger partial charge on any atom is 0.262 e. The van der Waals surface area contributed by atoms with Crippen LogP contribution in [-0.4, -0.2) is 20.6 Å². The minimum absolute atomic E-state index is 0.0755. The van der Waals surface area contributed by atoms with E-state index in [4.69, 9.17) is 20.2 Å². The second-order valence-electron chi connectivity index (χ2n) is 9.08. The Morgan fingerprint density at radius 1 is 0.656 bits per heavy atom. The van der Waals surface area contributed by atoms with Crippen LogP contribution in [0.5, 0.6) is 11.5 Å². The second kappa shape index (κ2) is 9.11. The van der Waals surface area contributed by atoms with Gasteiger partial charge in [0.1, 0.15) is 11.5 Å². The van der Waals surface area contributed by atoms with Gasteiger partial charge in [0.25, 0.3) is 9.05 Å². The topological polar surface area (TPSA) is 52.6 Å². The first kappa shape index (κ1) is 21.8. The predicted molar refractivity (Wildman–Crippen MR) is 129 cm³/mol. The molecule has 170 valence electrons. The zero-order valence-electron chi connectivity index (χ0n) is 18.2. The van der Waals surface area contributed by atoms with E-state index >= 15 is 0 Å². The van der Waals surface area contributed by atoms with Crippen LogP contribution < -0.4 is 9.47 Å². The van der Waals surface area contributed by atoms with Crippen LogP contribution >= 0.6 is 10.7 Å². The molecule has 0 aromatic heterocycles. The van der Waals surface area contributed by atoms with Crippen molar-refractivity contribution in [1.82, 2.24) is 0 Å². The smallest absolute Gasteiger partial charge is 0.262 e. The van der Waals surface area contributed by atoms with Gasteiger partial charge in [-0.05, 0) is 57.4 Å². The first-order chi connectivity index (χ1) is 15.5. The molecule has 0 atom stereocenters. The SMILES string of the molecule is O=S(=O)(Cl)c1cccc2c(OC3CCCCC3)c3ccccc3c(OC3CCCCC3)c12. The molecule has 0 aliphatic heterocycles. The summed E-state index contributed by atoms with van der Waals surface area (Å²) in [5.41, 5.74) is 0. The summed E-state index contributed by atoms with van der Waals surface area (Å²) in [5, 5.41) is 3.13. The van der Waals surface area contributed by atoms with Gasteiger partial charge in [0.15, 0.2) is 0 Å². The fourth-order valence-electron chi connectivity index (χ4n) is 5.27. The van der Waals surface area contributed by atoms with Crippen LogP contribution in [0.25, 0.3) is 21.5 Å². The van der Waals surface area contributed by atoms with Crippen LogP contribution in [0, 0.1) is 0 Å². The number of halogens is 1. The molecule has 0 unspecified atom stereocenters. The molecule has 0 spiro atoms. The van der Waals surface area contributed by atoms with Gasteiger partial charge in [0, 0.05) is 32.2 Å². The van der Waals surface area contributed by atoms with Gasteiger partial charge in [-0.15, -0.1) is 0 Å². The molecule has 0 amide bonds. The van der Waals surface area contributed by atoms with E-state index in [-0.39, 0.29) is 17.1 Å². The van der Waals surface area contributed by atoms with Crippen molar-refractivity contribution in [3.63, 3.8) is 0 Å². The van der Waals surface area contributed by atoms with E-state index in [0.717, 1.165) is 73.3 Å². The molecular formula is C26H29ClO4S. The number of hydrogen-bond acceptors (Lipinski definition) is 4. The van der Waals surface area contributed by atoms with Crippen molar-refractivity contribution in [3.05, 3.63) is 42.5 Å². The van der Waals surface area contributed by atoms with Crippen molar-refractivity contribution in [2.75, 3.05) is 0 Å². The lowest BCUT2D eigenvalue weighted by molar-refractivity contribution is 0.156.